The van der Waals surface area contributed by atoms with Gasteiger partial charge in [-0.05, 0) is 57.2 Å². The van der Waals surface area contributed by atoms with Gasteiger partial charge in [0.25, 0.3) is 5.91 Å². The van der Waals surface area contributed by atoms with Gasteiger partial charge >= 0.3 is 5.97 Å². The number of carbonyl (C=O) groups excluding carboxylic acids is 2. The number of anilines is 1. The van der Waals surface area contributed by atoms with Crippen LogP contribution in [0.3, 0.4) is 0 Å². The molecular formula is C18H23NO3. The minimum atomic E-state index is -0.793. The molecule has 1 N–H and O–H groups in total. The summed E-state index contributed by atoms with van der Waals surface area (Å²) in [6.45, 7) is 5.51. The van der Waals surface area contributed by atoms with Crippen molar-refractivity contribution in [2.45, 2.75) is 46.1 Å². The minimum absolute atomic E-state index is 0.124. The first-order chi connectivity index (χ1) is 10.5. The van der Waals surface area contributed by atoms with Crippen LogP contribution >= 0.6 is 0 Å². The largest absolute Gasteiger partial charge is 0.452 e. The third-order valence-electron chi connectivity index (χ3n) is 3.92. The molecule has 0 unspecified atom stereocenters. The van der Waals surface area contributed by atoms with Gasteiger partial charge in [0, 0.05) is 5.69 Å². The number of aryl methyl sites for hydroxylation is 2. The van der Waals surface area contributed by atoms with Crippen molar-refractivity contribution in [3.63, 3.8) is 0 Å². The lowest BCUT2D eigenvalue weighted by atomic mass is 9.95. The van der Waals surface area contributed by atoms with Gasteiger partial charge in [-0.15, -0.1) is 0 Å². The molecule has 2 rings (SSSR count). The lowest BCUT2D eigenvalue weighted by Crippen LogP contribution is -2.32. The van der Waals surface area contributed by atoms with E-state index in [2.05, 4.69) is 11.4 Å². The fourth-order valence-corrected chi connectivity index (χ4v) is 2.44. The number of benzene rings is 1. The van der Waals surface area contributed by atoms with Gasteiger partial charge in [-0.2, -0.15) is 0 Å². The summed E-state index contributed by atoms with van der Waals surface area (Å²) >= 11 is 0. The van der Waals surface area contributed by atoms with E-state index in [0.717, 1.165) is 29.7 Å². The summed E-state index contributed by atoms with van der Waals surface area (Å²) in [5.74, 6) is -0.706. The van der Waals surface area contributed by atoms with Crippen LogP contribution in [0.25, 0.3) is 0 Å². The number of esters is 1. The van der Waals surface area contributed by atoms with Gasteiger partial charge in [-0.1, -0.05) is 24.3 Å². The van der Waals surface area contributed by atoms with E-state index in [4.69, 9.17) is 4.74 Å². The molecule has 22 heavy (non-hydrogen) atoms. The molecule has 0 heterocycles. The van der Waals surface area contributed by atoms with Crippen LogP contribution in [0.15, 0.2) is 30.4 Å². The Morgan fingerprint density at radius 3 is 2.73 bits per heavy atom. The Labute approximate surface area is 131 Å². The molecule has 0 spiro atoms. The molecule has 1 aliphatic rings. The predicted molar refractivity (Wildman–Crippen MR) is 86.6 cm³/mol. The highest BCUT2D eigenvalue weighted by molar-refractivity contribution is 5.95. The summed E-state index contributed by atoms with van der Waals surface area (Å²) < 4.78 is 5.31. The number of rotatable bonds is 4. The first kappa shape index (κ1) is 16.3. The van der Waals surface area contributed by atoms with Crippen molar-refractivity contribution in [2.24, 2.45) is 5.92 Å². The smallest absolute Gasteiger partial charge is 0.310 e. The van der Waals surface area contributed by atoms with E-state index in [0.29, 0.717) is 6.42 Å². The van der Waals surface area contributed by atoms with Gasteiger partial charge in [0.15, 0.2) is 6.10 Å². The Hall–Kier alpha value is -2.10. The zero-order valence-electron chi connectivity index (χ0n) is 13.4. The molecule has 0 bridgehead atoms. The molecule has 0 radical (unpaired) electrons. The van der Waals surface area contributed by atoms with Crippen LogP contribution < -0.4 is 5.32 Å². The fourth-order valence-electron chi connectivity index (χ4n) is 2.44. The van der Waals surface area contributed by atoms with Gasteiger partial charge in [0.1, 0.15) is 0 Å². The Bertz CT molecular complexity index is 592. The molecule has 2 atom stereocenters. The molecule has 1 aliphatic carbocycles. The maximum absolute atomic E-state index is 12.2. The molecule has 118 valence electrons. The Morgan fingerprint density at radius 1 is 1.27 bits per heavy atom. The topological polar surface area (TPSA) is 55.4 Å². The average Bonchev–Trinajstić information content (AvgIpc) is 2.51. The van der Waals surface area contributed by atoms with Crippen LogP contribution in [0.1, 0.15) is 37.3 Å². The second-order valence-electron chi connectivity index (χ2n) is 5.87. The molecule has 0 aliphatic heterocycles. The van der Waals surface area contributed by atoms with Gasteiger partial charge in [0.2, 0.25) is 0 Å². The highest BCUT2D eigenvalue weighted by Gasteiger charge is 2.25. The van der Waals surface area contributed by atoms with Gasteiger partial charge in [-0.3, -0.25) is 9.59 Å². The van der Waals surface area contributed by atoms with E-state index in [-0.39, 0.29) is 17.8 Å². The van der Waals surface area contributed by atoms with Crippen LogP contribution in [0, 0.1) is 19.8 Å². The number of ether oxygens (including phenoxy) is 1. The van der Waals surface area contributed by atoms with Crippen molar-refractivity contribution in [3.8, 4) is 0 Å². The number of carbonyl (C=O) groups is 2. The average molecular weight is 301 g/mol. The normalized spacial score (nSPS) is 18.6. The van der Waals surface area contributed by atoms with Gasteiger partial charge in [0.05, 0.1) is 5.92 Å². The summed E-state index contributed by atoms with van der Waals surface area (Å²) in [5.41, 5.74) is 2.81. The van der Waals surface area contributed by atoms with E-state index in [9.17, 15) is 9.59 Å². The molecule has 4 nitrogen and oxygen atoms in total. The fraction of sp³-hybridized carbons (Fsp3) is 0.444. The van der Waals surface area contributed by atoms with Crippen LogP contribution in [-0.2, 0) is 14.3 Å². The number of hydrogen-bond acceptors (Lipinski definition) is 3. The maximum Gasteiger partial charge on any atom is 0.310 e. The third-order valence-corrected chi connectivity index (χ3v) is 3.92. The summed E-state index contributed by atoms with van der Waals surface area (Å²) in [6.07, 6.45) is 5.66. The second kappa shape index (κ2) is 7.25. The lowest BCUT2D eigenvalue weighted by molar-refractivity contribution is -0.157. The lowest BCUT2D eigenvalue weighted by Gasteiger charge is -2.20. The van der Waals surface area contributed by atoms with Crippen LogP contribution in [0.2, 0.25) is 0 Å². The second-order valence-corrected chi connectivity index (χ2v) is 5.87. The van der Waals surface area contributed by atoms with E-state index in [1.54, 1.807) is 6.92 Å². The molecule has 1 aromatic rings. The molecule has 1 aromatic carbocycles. The van der Waals surface area contributed by atoms with Crippen LogP contribution in [-0.4, -0.2) is 18.0 Å². The molecule has 4 heteroatoms. The molecule has 0 fully saturated rings. The standard InChI is InChI=1S/C18H23NO3/c1-12-9-10-13(2)16(11-12)19-17(20)14(3)22-18(21)15-7-5-4-6-8-15/h4-5,9-11,14-15H,6-8H2,1-3H3,(H,19,20)/t14-,15-/m1/s1. The van der Waals surface area contributed by atoms with Gasteiger partial charge < -0.3 is 10.1 Å². The van der Waals surface area contributed by atoms with Crippen molar-refractivity contribution in [3.05, 3.63) is 41.5 Å². The molecule has 0 saturated heterocycles. The quantitative estimate of drug-likeness (QED) is 0.683. The van der Waals surface area contributed by atoms with Crippen molar-refractivity contribution in [1.82, 2.24) is 0 Å². The molecule has 1 amide bonds. The Balaban J connectivity index is 1.93. The van der Waals surface area contributed by atoms with E-state index >= 15 is 0 Å². The highest BCUT2D eigenvalue weighted by atomic mass is 16.5. The summed E-state index contributed by atoms with van der Waals surface area (Å²) in [4.78, 5) is 24.2. The Morgan fingerprint density at radius 2 is 2.05 bits per heavy atom. The minimum Gasteiger partial charge on any atom is -0.452 e. The monoisotopic (exact) mass is 301 g/mol. The van der Waals surface area contributed by atoms with Crippen molar-refractivity contribution in [2.75, 3.05) is 5.32 Å². The van der Waals surface area contributed by atoms with Crippen molar-refractivity contribution < 1.29 is 14.3 Å². The van der Waals surface area contributed by atoms with Crippen molar-refractivity contribution in [1.29, 1.82) is 0 Å². The first-order valence-corrected chi connectivity index (χ1v) is 7.71. The number of amides is 1. The van der Waals surface area contributed by atoms with Crippen LogP contribution in [0.4, 0.5) is 5.69 Å². The van der Waals surface area contributed by atoms with E-state index in [1.807, 2.05) is 38.1 Å². The predicted octanol–water partition coefficient (Wildman–Crippen LogP) is 3.53. The molecular weight excluding hydrogens is 278 g/mol. The number of hydrogen-bond donors (Lipinski definition) is 1. The Kier molecular flexibility index (Phi) is 5.36. The summed E-state index contributed by atoms with van der Waals surface area (Å²) in [6, 6.07) is 5.86. The maximum atomic E-state index is 12.2. The van der Waals surface area contributed by atoms with Gasteiger partial charge in [-0.25, -0.2) is 0 Å². The number of allylic oxidation sites excluding steroid dienone is 2. The highest BCUT2D eigenvalue weighted by Crippen LogP contribution is 2.21. The number of nitrogens with one attached hydrogen (secondary N) is 1. The first-order valence-electron chi connectivity index (χ1n) is 7.71. The van der Waals surface area contributed by atoms with E-state index in [1.165, 1.54) is 0 Å². The van der Waals surface area contributed by atoms with Crippen LogP contribution in [0.5, 0.6) is 0 Å². The van der Waals surface area contributed by atoms with Crippen molar-refractivity contribution >= 4 is 17.6 Å². The summed E-state index contributed by atoms with van der Waals surface area (Å²) in [7, 11) is 0. The van der Waals surface area contributed by atoms with E-state index < -0.39 is 6.10 Å². The third kappa shape index (κ3) is 4.20. The molecule has 0 saturated carbocycles. The zero-order chi connectivity index (χ0) is 16.1. The summed E-state index contributed by atoms with van der Waals surface area (Å²) in [5, 5.41) is 2.83. The molecule has 0 aromatic heterocycles. The SMILES string of the molecule is Cc1ccc(C)c(NC(=O)[C@@H](C)OC(=O)[C@@H]2CC=CCC2)c1. The zero-order valence-corrected chi connectivity index (χ0v) is 13.4.